The zero-order valence-electron chi connectivity index (χ0n) is 16.7. The lowest BCUT2D eigenvalue weighted by Crippen LogP contribution is -2.49. The maximum Gasteiger partial charge on any atom is 0.340 e. The second-order valence-electron chi connectivity index (χ2n) is 7.01. The summed E-state index contributed by atoms with van der Waals surface area (Å²) in [5, 5.41) is 0. The van der Waals surface area contributed by atoms with Gasteiger partial charge < -0.3 is 23.8 Å². The largest absolute Gasteiger partial charge is 0.481 e. The van der Waals surface area contributed by atoms with Gasteiger partial charge in [-0.1, -0.05) is 6.07 Å². The number of methoxy groups -OCH3 is 1. The van der Waals surface area contributed by atoms with Crippen LogP contribution in [0.1, 0.15) is 15.9 Å². The van der Waals surface area contributed by atoms with Gasteiger partial charge in [-0.15, -0.1) is 0 Å². The molecule has 1 fully saturated rings. The smallest absolute Gasteiger partial charge is 0.340 e. The number of amides is 1. The number of benzene rings is 1. The summed E-state index contributed by atoms with van der Waals surface area (Å²) in [5.74, 6) is 1.16. The normalized spacial score (nSPS) is 15.7. The molecule has 2 aromatic rings. The SMILES string of the molecule is COc1ccc(C(=O)OCC(=O)N2CCN(Cc3ccc4c(c3)OCO4)CC2)cn1. The van der Waals surface area contributed by atoms with Gasteiger partial charge in [0, 0.05) is 45.0 Å². The number of rotatable bonds is 6. The molecule has 4 rings (SSSR count). The summed E-state index contributed by atoms with van der Waals surface area (Å²) in [4.78, 5) is 32.4. The van der Waals surface area contributed by atoms with Crippen molar-refractivity contribution in [3.05, 3.63) is 47.7 Å². The van der Waals surface area contributed by atoms with Gasteiger partial charge in [0.25, 0.3) is 5.91 Å². The van der Waals surface area contributed by atoms with Crippen LogP contribution in [-0.2, 0) is 16.1 Å². The number of carbonyl (C=O) groups excluding carboxylic acids is 2. The number of hydrogen-bond donors (Lipinski definition) is 0. The molecule has 0 bridgehead atoms. The Hall–Kier alpha value is -3.33. The Kier molecular flexibility index (Phi) is 5.99. The molecule has 30 heavy (non-hydrogen) atoms. The number of carbonyl (C=O) groups is 2. The van der Waals surface area contributed by atoms with Crippen LogP contribution >= 0.6 is 0 Å². The Labute approximate surface area is 174 Å². The first-order valence-electron chi connectivity index (χ1n) is 9.68. The van der Waals surface area contributed by atoms with Crippen molar-refractivity contribution in [2.45, 2.75) is 6.54 Å². The van der Waals surface area contributed by atoms with Crippen LogP contribution in [0.15, 0.2) is 36.5 Å². The van der Waals surface area contributed by atoms with E-state index in [1.165, 1.54) is 13.3 Å². The third kappa shape index (κ3) is 4.62. The lowest BCUT2D eigenvalue weighted by atomic mass is 10.1. The first kappa shape index (κ1) is 20.0. The van der Waals surface area contributed by atoms with Gasteiger partial charge in [0.15, 0.2) is 18.1 Å². The molecule has 1 aromatic carbocycles. The lowest BCUT2D eigenvalue weighted by molar-refractivity contribution is -0.136. The number of ether oxygens (including phenoxy) is 4. The maximum absolute atomic E-state index is 12.4. The summed E-state index contributed by atoms with van der Waals surface area (Å²) >= 11 is 0. The van der Waals surface area contributed by atoms with Gasteiger partial charge in [-0.3, -0.25) is 9.69 Å². The Morgan fingerprint density at radius 3 is 2.60 bits per heavy atom. The van der Waals surface area contributed by atoms with Crippen LogP contribution in [0, 0.1) is 0 Å². The molecule has 158 valence electrons. The van der Waals surface area contributed by atoms with Crippen molar-refractivity contribution in [3.8, 4) is 17.4 Å². The van der Waals surface area contributed by atoms with E-state index in [1.807, 2.05) is 18.2 Å². The van der Waals surface area contributed by atoms with Crippen LogP contribution in [0.2, 0.25) is 0 Å². The van der Waals surface area contributed by atoms with Crippen molar-refractivity contribution < 1.29 is 28.5 Å². The van der Waals surface area contributed by atoms with E-state index in [4.69, 9.17) is 18.9 Å². The summed E-state index contributed by atoms with van der Waals surface area (Å²) in [6, 6.07) is 9.06. The van der Waals surface area contributed by atoms with E-state index in [2.05, 4.69) is 9.88 Å². The van der Waals surface area contributed by atoms with Crippen LogP contribution < -0.4 is 14.2 Å². The molecule has 0 saturated carbocycles. The number of hydrogen-bond acceptors (Lipinski definition) is 8. The molecule has 0 unspecified atom stereocenters. The van der Waals surface area contributed by atoms with E-state index in [1.54, 1.807) is 17.0 Å². The van der Waals surface area contributed by atoms with Crippen molar-refractivity contribution in [1.29, 1.82) is 0 Å². The zero-order valence-corrected chi connectivity index (χ0v) is 16.7. The fourth-order valence-corrected chi connectivity index (χ4v) is 3.38. The molecule has 0 atom stereocenters. The Morgan fingerprint density at radius 1 is 1.07 bits per heavy atom. The predicted molar refractivity (Wildman–Crippen MR) is 105 cm³/mol. The number of aromatic nitrogens is 1. The average Bonchev–Trinajstić information content (AvgIpc) is 3.26. The summed E-state index contributed by atoms with van der Waals surface area (Å²) in [5.41, 5.74) is 1.42. The monoisotopic (exact) mass is 413 g/mol. The fourth-order valence-electron chi connectivity index (χ4n) is 3.38. The lowest BCUT2D eigenvalue weighted by Gasteiger charge is -2.34. The number of pyridine rings is 1. The number of nitrogens with zero attached hydrogens (tertiary/aromatic N) is 3. The molecule has 1 aromatic heterocycles. The highest BCUT2D eigenvalue weighted by Crippen LogP contribution is 2.32. The molecule has 9 heteroatoms. The third-order valence-corrected chi connectivity index (χ3v) is 5.08. The van der Waals surface area contributed by atoms with Crippen molar-refractivity contribution in [3.63, 3.8) is 0 Å². The number of esters is 1. The van der Waals surface area contributed by atoms with E-state index in [0.29, 0.717) is 19.0 Å². The van der Waals surface area contributed by atoms with Crippen LogP contribution in [0.25, 0.3) is 0 Å². The maximum atomic E-state index is 12.4. The highest BCUT2D eigenvalue weighted by atomic mass is 16.7. The standard InChI is InChI=1S/C21H23N3O6/c1-27-19-5-3-16(11-22-19)21(26)28-13-20(25)24-8-6-23(7-9-24)12-15-2-4-17-18(10-15)30-14-29-17/h2-5,10-11H,6-9,12-14H2,1H3. The summed E-state index contributed by atoms with van der Waals surface area (Å²) in [6.07, 6.45) is 1.36. The second-order valence-corrected chi connectivity index (χ2v) is 7.01. The molecular formula is C21H23N3O6. The molecule has 3 heterocycles. The highest BCUT2D eigenvalue weighted by Gasteiger charge is 2.23. The van der Waals surface area contributed by atoms with Gasteiger partial charge >= 0.3 is 5.97 Å². The molecule has 1 amide bonds. The van der Waals surface area contributed by atoms with E-state index in [0.717, 1.165) is 36.7 Å². The van der Waals surface area contributed by atoms with E-state index in [-0.39, 0.29) is 24.9 Å². The van der Waals surface area contributed by atoms with Gasteiger partial charge in [-0.2, -0.15) is 0 Å². The molecule has 1 saturated heterocycles. The van der Waals surface area contributed by atoms with Crippen LogP contribution in [0.3, 0.4) is 0 Å². The highest BCUT2D eigenvalue weighted by molar-refractivity contribution is 5.91. The van der Waals surface area contributed by atoms with Gasteiger partial charge in [-0.05, 0) is 23.8 Å². The minimum Gasteiger partial charge on any atom is -0.481 e. The minimum atomic E-state index is -0.583. The van der Waals surface area contributed by atoms with Crippen molar-refractivity contribution in [2.75, 3.05) is 46.7 Å². The second kappa shape index (κ2) is 9.00. The third-order valence-electron chi connectivity index (χ3n) is 5.08. The summed E-state index contributed by atoms with van der Waals surface area (Å²) in [6.45, 7) is 3.42. The van der Waals surface area contributed by atoms with Crippen LogP contribution in [0.5, 0.6) is 17.4 Å². The molecule has 0 N–H and O–H groups in total. The molecule has 0 radical (unpaired) electrons. The first-order valence-corrected chi connectivity index (χ1v) is 9.68. The average molecular weight is 413 g/mol. The molecular weight excluding hydrogens is 390 g/mol. The van der Waals surface area contributed by atoms with E-state index in [9.17, 15) is 9.59 Å². The van der Waals surface area contributed by atoms with Gasteiger partial charge in [0.1, 0.15) is 0 Å². The minimum absolute atomic E-state index is 0.201. The Morgan fingerprint density at radius 2 is 1.87 bits per heavy atom. The number of fused-ring (bicyclic) bond motifs is 1. The van der Waals surface area contributed by atoms with Gasteiger partial charge in [0.05, 0.1) is 12.7 Å². The Balaban J connectivity index is 1.21. The Bertz CT molecular complexity index is 909. The topological polar surface area (TPSA) is 90.4 Å². The molecule has 2 aliphatic rings. The van der Waals surface area contributed by atoms with Crippen LogP contribution in [0.4, 0.5) is 0 Å². The van der Waals surface area contributed by atoms with Crippen LogP contribution in [-0.4, -0.2) is 73.3 Å². The van der Waals surface area contributed by atoms with Crippen molar-refractivity contribution in [1.82, 2.24) is 14.8 Å². The summed E-state index contributed by atoms with van der Waals surface area (Å²) in [7, 11) is 1.49. The summed E-state index contributed by atoms with van der Waals surface area (Å²) < 4.78 is 20.8. The first-order chi connectivity index (χ1) is 14.6. The number of piperazine rings is 1. The van der Waals surface area contributed by atoms with Gasteiger partial charge in [0.2, 0.25) is 12.7 Å². The zero-order chi connectivity index (χ0) is 20.9. The van der Waals surface area contributed by atoms with Gasteiger partial charge in [-0.25, -0.2) is 9.78 Å². The van der Waals surface area contributed by atoms with Crippen molar-refractivity contribution in [2.24, 2.45) is 0 Å². The molecule has 0 aliphatic carbocycles. The fraction of sp³-hybridized carbons (Fsp3) is 0.381. The molecule has 0 spiro atoms. The molecule has 2 aliphatic heterocycles. The molecule has 9 nitrogen and oxygen atoms in total. The predicted octanol–water partition coefficient (Wildman–Crippen LogP) is 1.32. The van der Waals surface area contributed by atoms with Crippen molar-refractivity contribution >= 4 is 11.9 Å². The van der Waals surface area contributed by atoms with E-state index >= 15 is 0 Å². The van der Waals surface area contributed by atoms with E-state index < -0.39 is 5.97 Å². The quantitative estimate of drug-likeness (QED) is 0.655.